The van der Waals surface area contributed by atoms with Crippen LogP contribution >= 0.6 is 0 Å². The summed E-state index contributed by atoms with van der Waals surface area (Å²) in [5.41, 5.74) is 0.0542. The monoisotopic (exact) mass is 858 g/mol. The van der Waals surface area contributed by atoms with E-state index in [0.29, 0.717) is 54.1 Å². The first-order chi connectivity index (χ1) is 28.7. The number of fused-ring (bicyclic) bond motifs is 7. The first-order valence-electron chi connectivity index (χ1n) is 25.6. The summed E-state index contributed by atoms with van der Waals surface area (Å²) in [5, 5.41) is 0. The summed E-state index contributed by atoms with van der Waals surface area (Å²) < 4.78 is 12.3. The normalized spacial score (nSPS) is 45.1. The van der Waals surface area contributed by atoms with E-state index >= 15 is 4.79 Å². The van der Waals surface area contributed by atoms with E-state index in [1.165, 1.54) is 31.3 Å². The van der Waals surface area contributed by atoms with Crippen LogP contribution in [0.3, 0.4) is 0 Å². The van der Waals surface area contributed by atoms with Crippen LogP contribution in [0.5, 0.6) is 0 Å². The zero-order valence-electron chi connectivity index (χ0n) is 41.6. The van der Waals surface area contributed by atoms with Gasteiger partial charge in [-0.1, -0.05) is 74.5 Å². The number of ketones is 1. The Morgan fingerprint density at radius 3 is 1.94 bits per heavy atom. The zero-order valence-corrected chi connectivity index (χ0v) is 41.6. The number of likely N-dealkylation sites (tertiary alicyclic amines) is 1. The Bertz CT molecular complexity index is 1830. The molecule has 7 aliphatic carbocycles. The van der Waals surface area contributed by atoms with Gasteiger partial charge < -0.3 is 14.4 Å². The largest absolute Gasteiger partial charge is 0.462 e. The molecule has 62 heavy (non-hydrogen) atoms. The first kappa shape index (κ1) is 46.4. The van der Waals surface area contributed by atoms with Gasteiger partial charge in [0, 0.05) is 36.3 Å². The Morgan fingerprint density at radius 1 is 0.661 bits per heavy atom. The third-order valence-electron chi connectivity index (χ3n) is 21.9. The van der Waals surface area contributed by atoms with Crippen molar-refractivity contribution < 1.29 is 28.7 Å². The van der Waals surface area contributed by atoms with Crippen LogP contribution in [0.15, 0.2) is 12.2 Å². The molecule has 0 spiro atoms. The number of carbonyl (C=O) groups is 4. The van der Waals surface area contributed by atoms with Crippen molar-refractivity contribution in [1.29, 1.82) is 0 Å². The van der Waals surface area contributed by atoms with E-state index in [2.05, 4.69) is 66.9 Å². The Morgan fingerprint density at radius 2 is 1.32 bits per heavy atom. The number of hydrogen-bond donors (Lipinski definition) is 0. The topological polar surface area (TPSA) is 90.0 Å². The second-order valence-electron chi connectivity index (χ2n) is 26.6. The average Bonchev–Trinajstić information content (AvgIpc) is 3.58. The third kappa shape index (κ3) is 6.79. The molecule has 0 aromatic heterocycles. The van der Waals surface area contributed by atoms with E-state index in [1.807, 2.05) is 34.6 Å². The summed E-state index contributed by atoms with van der Waals surface area (Å²) in [7, 11) is 0. The van der Waals surface area contributed by atoms with Crippen molar-refractivity contribution in [3.8, 4) is 0 Å². The number of carbonyl (C=O) groups excluding carboxylic acids is 4. The van der Waals surface area contributed by atoms with Crippen molar-refractivity contribution in [3.63, 3.8) is 0 Å². The number of rotatable bonds is 8. The van der Waals surface area contributed by atoms with Crippen molar-refractivity contribution in [1.82, 2.24) is 4.90 Å². The Labute approximate surface area is 376 Å². The molecule has 1 aliphatic heterocycles. The summed E-state index contributed by atoms with van der Waals surface area (Å²) in [6.45, 7) is 35.6. The van der Waals surface area contributed by atoms with Crippen LogP contribution in [0.2, 0.25) is 0 Å². The molecule has 2 unspecified atom stereocenters. The molecular formula is C55H87NO6. The Balaban J connectivity index is 0.975. The number of hydrogen-bond acceptors (Lipinski definition) is 6. The van der Waals surface area contributed by atoms with Gasteiger partial charge >= 0.3 is 11.9 Å². The fourth-order valence-electron chi connectivity index (χ4n) is 17.7. The standard InChI is InChI=1S/C55H87NO6/c1-33(2)35-20-25-55(42(57)31-34-30-37(49(34,6)7)45(58)56-28-16-15-17-29-56)27-26-53(13)36(44(35)55)18-19-41-52(12)23-22-43(51(10,11)40(52)21-24-54(41,53)14)61-46(59)38-32-39(50(38,8)9)47(60)62-48(3,4)5/h34-41,43-44H,1,15-32H2,2-14H3/t34-,35-,36+,37?,38?,39+,40-,41+,43-,44+,52-,53+,54+,55+/m0/s1. The molecule has 7 nitrogen and oxygen atoms in total. The highest BCUT2D eigenvalue weighted by Gasteiger charge is 2.72. The molecule has 348 valence electrons. The van der Waals surface area contributed by atoms with Crippen molar-refractivity contribution in [2.75, 3.05) is 13.1 Å². The van der Waals surface area contributed by atoms with Crippen LogP contribution in [0, 0.1) is 91.2 Å². The van der Waals surface area contributed by atoms with Gasteiger partial charge in [-0.25, -0.2) is 0 Å². The number of allylic oxidation sites excluding steroid dienone is 1. The molecule has 0 radical (unpaired) electrons. The first-order valence-corrected chi connectivity index (χ1v) is 25.6. The second-order valence-corrected chi connectivity index (χ2v) is 26.6. The van der Waals surface area contributed by atoms with Gasteiger partial charge in [0.1, 0.15) is 17.5 Å². The second kappa shape index (κ2) is 15.2. The third-order valence-corrected chi connectivity index (χ3v) is 21.9. The van der Waals surface area contributed by atoms with E-state index in [0.717, 1.165) is 77.3 Å². The van der Waals surface area contributed by atoms with Gasteiger partial charge in [0.25, 0.3) is 0 Å². The zero-order chi connectivity index (χ0) is 45.4. The molecule has 8 rings (SSSR count). The fourth-order valence-corrected chi connectivity index (χ4v) is 17.7. The van der Waals surface area contributed by atoms with Crippen LogP contribution in [-0.4, -0.2) is 53.3 Å². The van der Waals surface area contributed by atoms with Crippen molar-refractivity contribution in [3.05, 3.63) is 12.2 Å². The minimum Gasteiger partial charge on any atom is -0.462 e. The predicted molar refractivity (Wildman–Crippen MR) is 246 cm³/mol. The predicted octanol–water partition coefficient (Wildman–Crippen LogP) is 12.2. The fraction of sp³-hybridized carbons (Fsp3) is 0.891. The molecule has 0 N–H and O–H groups in total. The number of piperidine rings is 1. The molecule has 0 aromatic rings. The smallest absolute Gasteiger partial charge is 0.310 e. The molecule has 1 amide bonds. The van der Waals surface area contributed by atoms with Crippen molar-refractivity contribution in [2.45, 2.75) is 204 Å². The summed E-state index contributed by atoms with van der Waals surface area (Å²) >= 11 is 0. The molecule has 7 saturated carbocycles. The highest BCUT2D eigenvalue weighted by molar-refractivity contribution is 5.87. The van der Waals surface area contributed by atoms with Gasteiger partial charge in [0.2, 0.25) is 5.91 Å². The van der Waals surface area contributed by atoms with E-state index < -0.39 is 11.0 Å². The number of Topliss-reactive ketones (excluding diaryl/α,β-unsaturated/α-hetero) is 1. The Hall–Kier alpha value is -2.18. The summed E-state index contributed by atoms with van der Waals surface area (Å²) in [5.74, 6) is 2.47. The maximum absolute atomic E-state index is 15.2. The van der Waals surface area contributed by atoms with Crippen LogP contribution in [0.25, 0.3) is 0 Å². The van der Waals surface area contributed by atoms with Crippen LogP contribution in [0.1, 0.15) is 193 Å². The van der Waals surface area contributed by atoms with Crippen molar-refractivity contribution in [2.24, 2.45) is 91.2 Å². The van der Waals surface area contributed by atoms with Gasteiger partial charge in [-0.2, -0.15) is 0 Å². The van der Waals surface area contributed by atoms with Gasteiger partial charge in [0.05, 0.1) is 11.8 Å². The minimum atomic E-state index is -0.553. The lowest BCUT2D eigenvalue weighted by atomic mass is 9.32. The van der Waals surface area contributed by atoms with Crippen LogP contribution in [-0.2, 0) is 28.7 Å². The average molecular weight is 858 g/mol. The number of nitrogens with zero attached hydrogens (tertiary/aromatic N) is 1. The molecular weight excluding hydrogens is 771 g/mol. The Kier molecular flexibility index (Phi) is 11.3. The number of ether oxygens (including phenoxy) is 2. The number of esters is 2. The van der Waals surface area contributed by atoms with Gasteiger partial charge in [-0.3, -0.25) is 19.2 Å². The van der Waals surface area contributed by atoms with E-state index in [9.17, 15) is 14.4 Å². The van der Waals surface area contributed by atoms with Crippen molar-refractivity contribution >= 4 is 23.6 Å². The summed E-state index contributed by atoms with van der Waals surface area (Å²) in [6, 6.07) is 0. The number of amides is 1. The highest BCUT2D eigenvalue weighted by atomic mass is 16.6. The van der Waals surface area contributed by atoms with E-state index in [4.69, 9.17) is 9.47 Å². The summed E-state index contributed by atoms with van der Waals surface area (Å²) in [4.78, 5) is 58.1. The SMILES string of the molecule is C=C(C)[C@@H]1CC[C@]2(C(=O)C[C@@H]3CC(C(=O)N4CCCCC4)C3(C)C)CC[C@]3(C)[C@H](CC[C@@H]4[C@@]5(C)CC[C@H](OC(=O)C6C[C@H](C(=O)OC(C)(C)C)C6(C)C)C(C)(C)[C@@H]5CC[C@]43C)[C@@H]12. The van der Waals surface area contributed by atoms with Gasteiger partial charge in [-0.05, 0) is 187 Å². The van der Waals surface area contributed by atoms with E-state index in [1.54, 1.807) is 0 Å². The lowest BCUT2D eigenvalue weighted by molar-refractivity contribution is -0.251. The summed E-state index contributed by atoms with van der Waals surface area (Å²) in [6.07, 6.45) is 16.1. The molecule has 14 atom stereocenters. The molecule has 1 saturated heterocycles. The van der Waals surface area contributed by atoms with Crippen LogP contribution in [0.4, 0.5) is 0 Å². The molecule has 8 fully saturated rings. The quantitative estimate of drug-likeness (QED) is 0.178. The minimum absolute atomic E-state index is 0.0420. The van der Waals surface area contributed by atoms with E-state index in [-0.39, 0.29) is 74.2 Å². The lowest BCUT2D eigenvalue weighted by Gasteiger charge is -2.73. The molecule has 8 aliphatic rings. The van der Waals surface area contributed by atoms with Gasteiger partial charge in [-0.15, -0.1) is 0 Å². The molecule has 0 bridgehead atoms. The van der Waals surface area contributed by atoms with Gasteiger partial charge in [0.15, 0.2) is 0 Å². The van der Waals surface area contributed by atoms with Crippen LogP contribution < -0.4 is 0 Å². The maximum Gasteiger partial charge on any atom is 0.310 e. The molecule has 0 aromatic carbocycles. The highest BCUT2D eigenvalue weighted by Crippen LogP contribution is 2.78. The lowest BCUT2D eigenvalue weighted by Crippen LogP contribution is -2.67. The maximum atomic E-state index is 15.2. The molecule has 7 heteroatoms. The molecule has 1 heterocycles.